The number of nitrogens with zero attached hydrogens (tertiary/aromatic N) is 1. The molecule has 0 unspecified atom stereocenters. The molecule has 0 radical (unpaired) electrons. The Morgan fingerprint density at radius 1 is 1.35 bits per heavy atom. The number of thioether (sulfide) groups is 1. The molecule has 1 aliphatic heterocycles. The van der Waals surface area contributed by atoms with Crippen LogP contribution in [0.15, 0.2) is 4.90 Å². The molecule has 6 heteroatoms. The topological polar surface area (TPSA) is 72.3 Å². The van der Waals surface area contributed by atoms with E-state index in [-0.39, 0.29) is 0 Å². The number of rotatable bonds is 3. The molecule has 0 aromatic carbocycles. The number of hydrogen-bond acceptors (Lipinski definition) is 5. The Hall–Kier alpha value is -0.880. The van der Waals surface area contributed by atoms with Crippen molar-refractivity contribution in [3.63, 3.8) is 0 Å². The van der Waals surface area contributed by atoms with Gasteiger partial charge in [-0.3, -0.25) is 4.79 Å². The lowest BCUT2D eigenvalue weighted by Gasteiger charge is -2.24. The quantitative estimate of drug-likeness (QED) is 0.841. The molecule has 0 atom stereocenters. The third-order valence-corrected chi connectivity index (χ3v) is 6.17. The standard InChI is InChI=1S/C14H23N3OS2/c1-14(2)5-4-7-17(8-6-14)13-11(19-3)9(15)10(20-13)12(16)18/h4-8,15H2,1-3H3,(H2,16,18). The van der Waals surface area contributed by atoms with Crippen LogP contribution in [0.2, 0.25) is 0 Å². The number of primary amides is 1. The van der Waals surface area contributed by atoms with Gasteiger partial charge in [0.05, 0.1) is 10.6 Å². The molecule has 1 aliphatic rings. The van der Waals surface area contributed by atoms with Crippen LogP contribution in [0.3, 0.4) is 0 Å². The molecule has 1 aromatic rings. The molecule has 0 bridgehead atoms. The number of nitrogen functional groups attached to an aromatic ring is 1. The molecule has 112 valence electrons. The van der Waals surface area contributed by atoms with Crippen molar-refractivity contribution in [3.05, 3.63) is 4.88 Å². The summed E-state index contributed by atoms with van der Waals surface area (Å²) >= 11 is 3.04. The number of thiophene rings is 1. The highest BCUT2D eigenvalue weighted by molar-refractivity contribution is 7.99. The summed E-state index contributed by atoms with van der Waals surface area (Å²) in [4.78, 5) is 15.3. The van der Waals surface area contributed by atoms with Crippen molar-refractivity contribution in [1.29, 1.82) is 0 Å². The maximum absolute atomic E-state index is 11.5. The Labute approximate surface area is 128 Å². The van der Waals surface area contributed by atoms with Gasteiger partial charge in [0.25, 0.3) is 5.91 Å². The molecular weight excluding hydrogens is 290 g/mol. The van der Waals surface area contributed by atoms with Crippen molar-refractivity contribution >= 4 is 39.7 Å². The van der Waals surface area contributed by atoms with E-state index >= 15 is 0 Å². The van der Waals surface area contributed by atoms with Crippen LogP contribution in [-0.4, -0.2) is 25.3 Å². The predicted octanol–water partition coefficient (Wildman–Crippen LogP) is 3.17. The van der Waals surface area contributed by atoms with Crippen LogP contribution in [0.4, 0.5) is 10.7 Å². The monoisotopic (exact) mass is 313 g/mol. The molecular formula is C14H23N3OS2. The summed E-state index contributed by atoms with van der Waals surface area (Å²) in [6.07, 6.45) is 5.56. The largest absolute Gasteiger partial charge is 0.396 e. The highest BCUT2D eigenvalue weighted by Crippen LogP contribution is 2.45. The second-order valence-electron chi connectivity index (χ2n) is 6.05. The van der Waals surface area contributed by atoms with E-state index in [0.29, 0.717) is 16.0 Å². The van der Waals surface area contributed by atoms with Crippen LogP contribution < -0.4 is 16.4 Å². The number of amides is 1. The average Bonchev–Trinajstić information content (AvgIpc) is 2.59. The minimum atomic E-state index is -0.427. The fourth-order valence-corrected chi connectivity index (χ4v) is 4.72. The zero-order chi connectivity index (χ0) is 14.9. The third-order valence-electron chi connectivity index (χ3n) is 3.94. The van der Waals surface area contributed by atoms with Gasteiger partial charge in [-0.25, -0.2) is 0 Å². The van der Waals surface area contributed by atoms with Gasteiger partial charge in [-0.05, 0) is 30.9 Å². The highest BCUT2D eigenvalue weighted by Gasteiger charge is 2.27. The first-order valence-corrected chi connectivity index (χ1v) is 8.91. The van der Waals surface area contributed by atoms with Gasteiger partial charge < -0.3 is 16.4 Å². The highest BCUT2D eigenvalue weighted by atomic mass is 32.2. The lowest BCUT2D eigenvalue weighted by molar-refractivity contribution is 0.100. The zero-order valence-corrected chi connectivity index (χ0v) is 14.0. The van der Waals surface area contributed by atoms with E-state index in [0.717, 1.165) is 29.4 Å². The van der Waals surface area contributed by atoms with E-state index < -0.39 is 5.91 Å². The smallest absolute Gasteiger partial charge is 0.261 e. The van der Waals surface area contributed by atoms with Gasteiger partial charge in [0.15, 0.2) is 0 Å². The zero-order valence-electron chi connectivity index (χ0n) is 12.4. The second-order valence-corrected chi connectivity index (χ2v) is 7.87. The van der Waals surface area contributed by atoms with Gasteiger partial charge in [-0.2, -0.15) is 0 Å². The van der Waals surface area contributed by atoms with Crippen molar-refractivity contribution < 1.29 is 4.79 Å². The summed E-state index contributed by atoms with van der Waals surface area (Å²) in [6, 6.07) is 0. The number of carbonyl (C=O) groups is 1. The van der Waals surface area contributed by atoms with Crippen LogP contribution in [0, 0.1) is 5.41 Å². The molecule has 20 heavy (non-hydrogen) atoms. The molecule has 1 fully saturated rings. The minimum Gasteiger partial charge on any atom is -0.396 e. The first-order chi connectivity index (χ1) is 9.35. The lowest BCUT2D eigenvalue weighted by Crippen LogP contribution is -2.24. The lowest BCUT2D eigenvalue weighted by atomic mass is 9.85. The Balaban J connectivity index is 2.32. The van der Waals surface area contributed by atoms with Crippen molar-refractivity contribution in [2.45, 2.75) is 38.0 Å². The Kier molecular flexibility index (Phi) is 4.54. The van der Waals surface area contributed by atoms with Crippen molar-refractivity contribution in [2.75, 3.05) is 30.0 Å². The van der Waals surface area contributed by atoms with Crippen LogP contribution >= 0.6 is 23.1 Å². The van der Waals surface area contributed by atoms with Crippen LogP contribution in [0.1, 0.15) is 42.8 Å². The molecule has 0 aliphatic carbocycles. The Morgan fingerprint density at radius 3 is 2.65 bits per heavy atom. The summed E-state index contributed by atoms with van der Waals surface area (Å²) in [5.74, 6) is -0.427. The second kappa shape index (κ2) is 5.85. The third kappa shape index (κ3) is 3.06. The summed E-state index contributed by atoms with van der Waals surface area (Å²) in [5, 5.41) is 1.11. The van der Waals surface area contributed by atoms with Gasteiger partial charge in [0.1, 0.15) is 9.88 Å². The molecule has 1 amide bonds. The van der Waals surface area contributed by atoms with Gasteiger partial charge in [-0.15, -0.1) is 23.1 Å². The van der Waals surface area contributed by atoms with Gasteiger partial charge in [-0.1, -0.05) is 13.8 Å². The predicted molar refractivity (Wildman–Crippen MR) is 88.9 cm³/mol. The summed E-state index contributed by atoms with van der Waals surface area (Å²) in [7, 11) is 0. The van der Waals surface area contributed by atoms with Crippen LogP contribution in [0.5, 0.6) is 0 Å². The van der Waals surface area contributed by atoms with E-state index in [1.165, 1.54) is 24.2 Å². The average molecular weight is 313 g/mol. The van der Waals surface area contributed by atoms with Crippen LogP contribution in [0.25, 0.3) is 0 Å². The summed E-state index contributed by atoms with van der Waals surface area (Å²) in [6.45, 7) is 6.68. The molecule has 1 aromatic heterocycles. The molecule has 4 nitrogen and oxygen atoms in total. The van der Waals surface area contributed by atoms with E-state index in [2.05, 4.69) is 18.7 Å². The fraction of sp³-hybridized carbons (Fsp3) is 0.643. The molecule has 0 saturated carbocycles. The maximum atomic E-state index is 11.5. The molecule has 2 heterocycles. The van der Waals surface area contributed by atoms with Gasteiger partial charge in [0, 0.05) is 13.1 Å². The molecule has 2 rings (SSSR count). The van der Waals surface area contributed by atoms with Gasteiger partial charge in [0.2, 0.25) is 0 Å². The summed E-state index contributed by atoms with van der Waals surface area (Å²) < 4.78 is 0. The number of anilines is 2. The number of hydrogen-bond donors (Lipinski definition) is 2. The Bertz CT molecular complexity index is 511. The van der Waals surface area contributed by atoms with Crippen molar-refractivity contribution in [3.8, 4) is 0 Å². The first-order valence-electron chi connectivity index (χ1n) is 6.87. The first kappa shape index (κ1) is 15.5. The molecule has 4 N–H and O–H groups in total. The normalized spacial score (nSPS) is 18.9. The van der Waals surface area contributed by atoms with E-state index in [1.54, 1.807) is 11.8 Å². The van der Waals surface area contributed by atoms with E-state index in [4.69, 9.17) is 11.5 Å². The van der Waals surface area contributed by atoms with Crippen LogP contribution in [-0.2, 0) is 0 Å². The van der Waals surface area contributed by atoms with E-state index in [9.17, 15) is 4.79 Å². The van der Waals surface area contributed by atoms with E-state index in [1.807, 2.05) is 6.26 Å². The maximum Gasteiger partial charge on any atom is 0.261 e. The summed E-state index contributed by atoms with van der Waals surface area (Å²) in [5.41, 5.74) is 12.4. The van der Waals surface area contributed by atoms with Crippen molar-refractivity contribution in [2.24, 2.45) is 11.1 Å². The van der Waals surface area contributed by atoms with Gasteiger partial charge >= 0.3 is 0 Å². The molecule has 0 spiro atoms. The molecule has 1 saturated heterocycles. The number of nitrogens with two attached hydrogens (primary N) is 2. The number of carbonyl (C=O) groups excluding carboxylic acids is 1. The SMILES string of the molecule is CSc1c(N2CCCC(C)(C)CC2)sc(C(N)=O)c1N. The fourth-order valence-electron chi connectivity index (χ4n) is 2.63. The minimum absolute atomic E-state index is 0.392. The Morgan fingerprint density at radius 2 is 2.05 bits per heavy atom. The van der Waals surface area contributed by atoms with Crippen molar-refractivity contribution in [1.82, 2.24) is 0 Å².